The van der Waals surface area contributed by atoms with Gasteiger partial charge in [-0.1, -0.05) is 0 Å². The van der Waals surface area contributed by atoms with Gasteiger partial charge in [0.2, 0.25) is 0 Å². The largest absolute Gasteiger partial charge is 0.480 e. The van der Waals surface area contributed by atoms with Gasteiger partial charge < -0.3 is 9.84 Å². The number of aliphatic carboxylic acids is 1. The molecule has 28 heavy (non-hydrogen) atoms. The Bertz CT molecular complexity index is 622. The van der Waals surface area contributed by atoms with Crippen molar-refractivity contribution in [2.24, 2.45) is 16.8 Å². The van der Waals surface area contributed by atoms with E-state index in [1.807, 2.05) is 0 Å². The number of halogens is 6. The summed E-state index contributed by atoms with van der Waals surface area (Å²) in [6, 6.07) is -1.04. The van der Waals surface area contributed by atoms with E-state index in [0.717, 1.165) is 0 Å². The lowest BCUT2D eigenvalue weighted by atomic mass is 9.84. The summed E-state index contributed by atoms with van der Waals surface area (Å²) in [5, 5.41) is 15.8. The molecule has 0 heterocycles. The van der Waals surface area contributed by atoms with Gasteiger partial charge in [-0.25, -0.2) is 0 Å². The monoisotopic (exact) mass is 418 g/mol. The molecule has 1 unspecified atom stereocenters. The highest BCUT2D eigenvalue weighted by molar-refractivity contribution is 6.22. The Hall–Kier alpha value is -2.14. The number of ether oxygens (including phenoxy) is 1. The molecule has 6 nitrogen and oxygen atoms in total. The van der Waals surface area contributed by atoms with Crippen molar-refractivity contribution in [3.05, 3.63) is 0 Å². The molecular formula is C16H20F6N2O4. The van der Waals surface area contributed by atoms with Gasteiger partial charge in [0.1, 0.15) is 11.4 Å². The number of esters is 1. The highest BCUT2D eigenvalue weighted by Gasteiger charge is 2.52. The lowest BCUT2D eigenvalue weighted by Gasteiger charge is -2.28. The number of aliphatic imine (C=N–C) groups is 1. The number of carbonyl (C=O) groups excluding carboxylic acids is 1. The van der Waals surface area contributed by atoms with Crippen LogP contribution in [-0.4, -0.2) is 53.5 Å². The van der Waals surface area contributed by atoms with Crippen molar-refractivity contribution in [3.8, 4) is 0 Å². The number of carbonyl (C=O) groups is 2. The predicted molar refractivity (Wildman–Crippen MR) is 85.4 cm³/mol. The molecular weight excluding hydrogens is 398 g/mol. The molecule has 1 aliphatic carbocycles. The van der Waals surface area contributed by atoms with Crippen LogP contribution in [0.5, 0.6) is 0 Å². The summed E-state index contributed by atoms with van der Waals surface area (Å²) in [7, 11) is 0. The lowest BCUT2D eigenvalue weighted by Crippen LogP contribution is -2.46. The minimum Gasteiger partial charge on any atom is -0.480 e. The molecule has 2 N–H and O–H groups in total. The van der Waals surface area contributed by atoms with Crippen LogP contribution >= 0.6 is 0 Å². The zero-order valence-corrected chi connectivity index (χ0v) is 14.9. The maximum atomic E-state index is 13.2. The van der Waals surface area contributed by atoms with Gasteiger partial charge in [0, 0.05) is 6.42 Å². The number of nitrogens with zero attached hydrogens (tertiary/aromatic N) is 1. The first-order valence-electron chi connectivity index (χ1n) is 8.46. The third-order valence-corrected chi connectivity index (χ3v) is 4.30. The molecule has 1 fully saturated rings. The summed E-state index contributed by atoms with van der Waals surface area (Å²) >= 11 is 0. The van der Waals surface area contributed by atoms with Crippen LogP contribution in [0.25, 0.3) is 0 Å². The number of hydrogen-bond acceptors (Lipinski definition) is 5. The van der Waals surface area contributed by atoms with Crippen molar-refractivity contribution in [1.82, 2.24) is 0 Å². The van der Waals surface area contributed by atoms with Crippen molar-refractivity contribution < 1.29 is 45.8 Å². The predicted octanol–water partition coefficient (Wildman–Crippen LogP) is 3.78. The molecule has 0 amide bonds. The Labute approximate surface area is 156 Å². The van der Waals surface area contributed by atoms with E-state index in [1.165, 1.54) is 0 Å². The summed E-state index contributed by atoms with van der Waals surface area (Å²) < 4.78 is 82.5. The molecule has 0 bridgehead atoms. The fraction of sp³-hybridized carbons (Fsp3) is 0.750. The number of carboxylic acid groups (broad SMARTS) is 1. The summed E-state index contributed by atoms with van der Waals surface area (Å²) in [6.45, 7) is 1.81. The Kier molecular flexibility index (Phi) is 8.00. The molecule has 12 heteroatoms. The van der Waals surface area contributed by atoms with Crippen LogP contribution < -0.4 is 0 Å². The Balaban J connectivity index is 3.00. The van der Waals surface area contributed by atoms with Gasteiger partial charge in [-0.05, 0) is 38.5 Å². The van der Waals surface area contributed by atoms with Gasteiger partial charge in [0.05, 0.1) is 12.6 Å². The van der Waals surface area contributed by atoms with Crippen LogP contribution in [0, 0.1) is 17.2 Å². The van der Waals surface area contributed by atoms with Gasteiger partial charge in [-0.15, -0.1) is 0 Å². The normalized spacial score (nSPS) is 22.5. The van der Waals surface area contributed by atoms with Crippen LogP contribution in [0.4, 0.5) is 26.3 Å². The summed E-state index contributed by atoms with van der Waals surface area (Å²) in [6.07, 6.45) is -10.2. The van der Waals surface area contributed by atoms with Crippen LogP contribution in [0.1, 0.15) is 39.0 Å². The molecule has 1 atom stereocenters. The number of rotatable bonds is 7. The molecule has 0 spiro atoms. The molecule has 0 radical (unpaired) electrons. The number of nitrogens with one attached hydrogen (secondary N) is 1. The highest BCUT2D eigenvalue weighted by Crippen LogP contribution is 2.33. The first-order valence-corrected chi connectivity index (χ1v) is 8.46. The number of alkyl halides is 6. The first-order chi connectivity index (χ1) is 12.8. The molecule has 0 aromatic carbocycles. The molecule has 160 valence electrons. The van der Waals surface area contributed by atoms with E-state index < -0.39 is 47.7 Å². The third kappa shape index (κ3) is 6.79. The van der Waals surface area contributed by atoms with Crippen LogP contribution in [-0.2, 0) is 14.3 Å². The molecule has 1 aliphatic rings. The van der Waals surface area contributed by atoms with Crippen molar-refractivity contribution in [3.63, 3.8) is 0 Å². The molecule has 0 aliphatic heterocycles. The van der Waals surface area contributed by atoms with E-state index >= 15 is 0 Å². The summed E-state index contributed by atoms with van der Waals surface area (Å²) in [4.78, 5) is 25.8. The molecule has 1 rings (SSSR count). The van der Waals surface area contributed by atoms with E-state index in [2.05, 4.69) is 4.99 Å². The second kappa shape index (κ2) is 9.37. The Morgan fingerprint density at radius 2 is 1.64 bits per heavy atom. The fourth-order valence-corrected chi connectivity index (χ4v) is 2.98. The van der Waals surface area contributed by atoms with Crippen LogP contribution in [0.2, 0.25) is 0 Å². The van der Waals surface area contributed by atoms with Gasteiger partial charge >= 0.3 is 24.3 Å². The van der Waals surface area contributed by atoms with Crippen molar-refractivity contribution in [1.29, 1.82) is 5.41 Å². The second-order valence-corrected chi connectivity index (χ2v) is 6.38. The number of carboxylic acids is 1. The van der Waals surface area contributed by atoms with Crippen molar-refractivity contribution >= 4 is 23.4 Å². The Morgan fingerprint density at radius 1 is 1.11 bits per heavy atom. The van der Waals surface area contributed by atoms with Crippen molar-refractivity contribution in [2.45, 2.75) is 57.4 Å². The molecule has 0 aromatic rings. The minimum atomic E-state index is -5.54. The maximum Gasteiger partial charge on any atom is 0.430 e. The molecule has 0 saturated heterocycles. The molecule has 1 saturated carbocycles. The van der Waals surface area contributed by atoms with Gasteiger partial charge in [0.15, 0.2) is 5.92 Å². The topological polar surface area (TPSA) is 99.8 Å². The van der Waals surface area contributed by atoms with E-state index in [-0.39, 0.29) is 31.8 Å². The van der Waals surface area contributed by atoms with Crippen molar-refractivity contribution in [2.75, 3.05) is 6.61 Å². The third-order valence-electron chi connectivity index (χ3n) is 4.30. The van der Waals surface area contributed by atoms with Gasteiger partial charge in [0.25, 0.3) is 0 Å². The SMILES string of the molecule is CCOC(=O)CC1CCC(N=C(C(C(=N)C(F)(F)F)C(=O)O)C(F)(F)F)CC1. The zero-order chi connectivity index (χ0) is 21.7. The van der Waals surface area contributed by atoms with Gasteiger partial charge in [-0.3, -0.25) is 20.0 Å². The van der Waals surface area contributed by atoms with E-state index in [9.17, 15) is 35.9 Å². The standard InChI is InChI=1S/C16H20F6N2O4/c1-2-28-10(25)7-8-3-5-9(6-4-8)24-13(16(20,21)22)11(14(26)27)12(23)15(17,18)19/h8-9,11,23H,2-7H2,1H3,(H,26,27). The van der Waals surface area contributed by atoms with E-state index in [1.54, 1.807) is 6.92 Å². The summed E-state index contributed by atoms with van der Waals surface area (Å²) in [5.41, 5.74) is -4.68. The average Bonchev–Trinajstić information content (AvgIpc) is 2.53. The van der Waals surface area contributed by atoms with E-state index in [4.69, 9.17) is 15.3 Å². The molecule has 0 aromatic heterocycles. The number of hydrogen-bond donors (Lipinski definition) is 2. The van der Waals surface area contributed by atoms with E-state index in [0.29, 0.717) is 12.8 Å². The van der Waals surface area contributed by atoms with Crippen LogP contribution in [0.3, 0.4) is 0 Å². The fourth-order valence-electron chi connectivity index (χ4n) is 2.98. The van der Waals surface area contributed by atoms with Crippen LogP contribution in [0.15, 0.2) is 4.99 Å². The van der Waals surface area contributed by atoms with Gasteiger partial charge in [-0.2, -0.15) is 26.3 Å². The minimum absolute atomic E-state index is 0.0509. The average molecular weight is 418 g/mol. The quantitative estimate of drug-likeness (QED) is 0.373. The maximum absolute atomic E-state index is 13.2. The smallest absolute Gasteiger partial charge is 0.430 e. The zero-order valence-electron chi connectivity index (χ0n) is 14.9. The Morgan fingerprint density at radius 3 is 2.04 bits per heavy atom. The first kappa shape index (κ1) is 23.9. The lowest BCUT2D eigenvalue weighted by molar-refractivity contribution is -0.144. The summed E-state index contributed by atoms with van der Waals surface area (Å²) in [5.74, 6) is -6.30. The highest BCUT2D eigenvalue weighted by atomic mass is 19.4. The second-order valence-electron chi connectivity index (χ2n) is 6.38.